The largest absolute Gasteiger partial charge is 0.481 e. The van der Waals surface area contributed by atoms with Crippen molar-refractivity contribution in [2.75, 3.05) is 0 Å². The second-order valence-electron chi connectivity index (χ2n) is 9.41. The highest BCUT2D eigenvalue weighted by atomic mass is 16.4. The molecule has 0 aliphatic heterocycles. The maximum absolute atomic E-state index is 12.0. The van der Waals surface area contributed by atoms with Gasteiger partial charge in [0.05, 0.1) is 11.0 Å². The minimum absolute atomic E-state index is 0.0142. The third kappa shape index (κ3) is 2.63. The SMILES string of the molecule is CC#C[C@]12CCC(=O)C=C1CC[C@@H]1C2=CC[C@@]2(C)[C@H]1CC[C@@]2(O)CCC(=O)O. The molecule has 0 aromatic carbocycles. The lowest BCUT2D eigenvalue weighted by Crippen LogP contribution is -2.51. The van der Waals surface area contributed by atoms with Crippen LogP contribution in [0.2, 0.25) is 0 Å². The first kappa shape index (κ1) is 19.5. The molecule has 4 heteroatoms. The Balaban J connectivity index is 1.73. The highest BCUT2D eigenvalue weighted by Crippen LogP contribution is 2.66. The Bertz CT molecular complexity index is 840. The van der Waals surface area contributed by atoms with E-state index in [0.29, 0.717) is 31.1 Å². The predicted octanol–water partition coefficient (Wildman–Crippen LogP) is 4.04. The maximum Gasteiger partial charge on any atom is 0.303 e. The van der Waals surface area contributed by atoms with E-state index in [-0.39, 0.29) is 23.0 Å². The maximum atomic E-state index is 12.0. The molecule has 2 saturated carbocycles. The molecule has 0 radical (unpaired) electrons. The quantitative estimate of drug-likeness (QED) is 0.571. The number of hydrogen-bond acceptors (Lipinski definition) is 3. The van der Waals surface area contributed by atoms with Crippen LogP contribution in [0.25, 0.3) is 0 Å². The Morgan fingerprint density at radius 3 is 2.79 bits per heavy atom. The van der Waals surface area contributed by atoms with Crippen molar-refractivity contribution in [1.29, 1.82) is 0 Å². The molecule has 28 heavy (non-hydrogen) atoms. The zero-order chi connectivity index (χ0) is 20.2. The van der Waals surface area contributed by atoms with Crippen LogP contribution >= 0.6 is 0 Å². The molecule has 0 spiro atoms. The van der Waals surface area contributed by atoms with Gasteiger partial charge in [-0.1, -0.05) is 18.9 Å². The molecule has 0 heterocycles. The van der Waals surface area contributed by atoms with E-state index in [9.17, 15) is 14.7 Å². The minimum Gasteiger partial charge on any atom is -0.481 e. The average molecular weight is 383 g/mol. The van der Waals surface area contributed by atoms with Crippen molar-refractivity contribution in [3.8, 4) is 11.8 Å². The number of carboxylic acids is 1. The number of carbonyl (C=O) groups is 2. The van der Waals surface area contributed by atoms with Gasteiger partial charge in [-0.2, -0.15) is 0 Å². The monoisotopic (exact) mass is 382 g/mol. The van der Waals surface area contributed by atoms with E-state index >= 15 is 0 Å². The lowest BCUT2D eigenvalue weighted by molar-refractivity contribution is -0.141. The summed E-state index contributed by atoms with van der Waals surface area (Å²) in [6, 6.07) is 0. The number of aliphatic hydroxyl groups is 1. The molecule has 4 rings (SSSR count). The van der Waals surface area contributed by atoms with E-state index in [1.807, 2.05) is 13.0 Å². The zero-order valence-corrected chi connectivity index (χ0v) is 16.9. The average Bonchev–Trinajstić information content (AvgIpc) is 2.92. The number of hydrogen-bond donors (Lipinski definition) is 2. The molecule has 4 aliphatic rings. The third-order valence-corrected chi connectivity index (χ3v) is 8.32. The van der Waals surface area contributed by atoms with Crippen LogP contribution in [0.5, 0.6) is 0 Å². The van der Waals surface area contributed by atoms with Crippen LogP contribution in [0.15, 0.2) is 23.3 Å². The molecule has 0 amide bonds. The molecule has 0 unspecified atom stereocenters. The van der Waals surface area contributed by atoms with Crippen molar-refractivity contribution >= 4 is 11.8 Å². The van der Waals surface area contributed by atoms with Gasteiger partial charge in [0.2, 0.25) is 0 Å². The highest BCUT2D eigenvalue weighted by Gasteiger charge is 2.61. The number of allylic oxidation sites excluding steroid dienone is 4. The fraction of sp³-hybridized carbons (Fsp3) is 0.667. The standard InChI is InChI=1S/C24H30O4/c1-3-10-23-12-6-17(25)15-16(23)4-5-18-19-8-13-24(28,14-9-21(26)27)22(19,2)11-7-20(18)23/h7,15,18-19,28H,4-6,8-9,11-14H2,1-2H3,(H,26,27)/t18-,19-,22-,23-,24+/m0/s1. The molecule has 150 valence electrons. The van der Waals surface area contributed by atoms with Crippen LogP contribution in [-0.2, 0) is 9.59 Å². The van der Waals surface area contributed by atoms with Crippen LogP contribution < -0.4 is 0 Å². The van der Waals surface area contributed by atoms with Crippen molar-refractivity contribution in [2.45, 2.75) is 77.2 Å². The van der Waals surface area contributed by atoms with E-state index in [1.165, 1.54) is 11.1 Å². The number of carbonyl (C=O) groups excluding carboxylic acids is 1. The van der Waals surface area contributed by atoms with Crippen molar-refractivity contribution in [1.82, 2.24) is 0 Å². The summed E-state index contributed by atoms with van der Waals surface area (Å²) in [6.45, 7) is 4.04. The molecule has 2 N–H and O–H groups in total. The minimum atomic E-state index is -0.916. The Hall–Kier alpha value is -1.86. The molecule has 0 aromatic heterocycles. The Labute approximate surface area is 167 Å². The molecule has 5 atom stereocenters. The van der Waals surface area contributed by atoms with Gasteiger partial charge < -0.3 is 10.2 Å². The molecule has 4 aliphatic carbocycles. The topological polar surface area (TPSA) is 74.6 Å². The van der Waals surface area contributed by atoms with Gasteiger partial charge in [-0.3, -0.25) is 9.59 Å². The fourth-order valence-electron chi connectivity index (χ4n) is 6.81. The Morgan fingerprint density at radius 1 is 1.29 bits per heavy atom. The molecular formula is C24H30O4. The van der Waals surface area contributed by atoms with E-state index in [0.717, 1.165) is 32.1 Å². The van der Waals surface area contributed by atoms with E-state index < -0.39 is 11.6 Å². The molecule has 0 bridgehead atoms. The molecular weight excluding hydrogens is 352 g/mol. The first-order chi connectivity index (χ1) is 13.3. The number of ketones is 1. The molecule has 0 aromatic rings. The van der Waals surface area contributed by atoms with Crippen LogP contribution in [0.4, 0.5) is 0 Å². The first-order valence-corrected chi connectivity index (χ1v) is 10.6. The summed E-state index contributed by atoms with van der Waals surface area (Å²) in [6.07, 6.45) is 10.0. The molecule has 4 nitrogen and oxygen atoms in total. The normalized spacial score (nSPS) is 41.6. The van der Waals surface area contributed by atoms with E-state index in [1.54, 1.807) is 0 Å². The van der Waals surface area contributed by atoms with Crippen molar-refractivity contribution in [2.24, 2.45) is 22.7 Å². The van der Waals surface area contributed by atoms with Gasteiger partial charge in [0.15, 0.2) is 5.78 Å². The van der Waals surface area contributed by atoms with Crippen molar-refractivity contribution in [3.63, 3.8) is 0 Å². The van der Waals surface area contributed by atoms with Gasteiger partial charge in [-0.05, 0) is 80.9 Å². The van der Waals surface area contributed by atoms with Crippen molar-refractivity contribution in [3.05, 3.63) is 23.3 Å². The predicted molar refractivity (Wildman–Crippen MR) is 106 cm³/mol. The zero-order valence-electron chi connectivity index (χ0n) is 16.9. The van der Waals surface area contributed by atoms with Gasteiger partial charge in [-0.25, -0.2) is 0 Å². The number of rotatable bonds is 3. The Kier molecular flexibility index (Phi) is 4.58. The van der Waals surface area contributed by atoms with Crippen LogP contribution in [0.3, 0.4) is 0 Å². The van der Waals surface area contributed by atoms with Crippen LogP contribution in [0, 0.1) is 34.5 Å². The lowest BCUT2D eigenvalue weighted by Gasteiger charge is -2.54. The summed E-state index contributed by atoms with van der Waals surface area (Å²) in [4.78, 5) is 23.2. The summed E-state index contributed by atoms with van der Waals surface area (Å²) < 4.78 is 0. The van der Waals surface area contributed by atoms with Crippen molar-refractivity contribution < 1.29 is 19.8 Å². The summed E-state index contributed by atoms with van der Waals surface area (Å²) in [5.74, 6) is 6.71. The van der Waals surface area contributed by atoms with Crippen LogP contribution in [-0.4, -0.2) is 27.6 Å². The van der Waals surface area contributed by atoms with Gasteiger partial charge in [0, 0.05) is 18.3 Å². The number of fused-ring (bicyclic) bond motifs is 5. The van der Waals surface area contributed by atoms with Gasteiger partial charge >= 0.3 is 5.97 Å². The first-order valence-electron chi connectivity index (χ1n) is 10.6. The number of aliphatic carboxylic acids is 1. The van der Waals surface area contributed by atoms with E-state index in [4.69, 9.17) is 5.11 Å². The van der Waals surface area contributed by atoms with Gasteiger partial charge in [-0.15, -0.1) is 5.92 Å². The Morgan fingerprint density at radius 2 is 2.07 bits per heavy atom. The summed E-state index contributed by atoms with van der Waals surface area (Å²) >= 11 is 0. The fourth-order valence-corrected chi connectivity index (χ4v) is 6.81. The highest BCUT2D eigenvalue weighted by molar-refractivity contribution is 5.92. The molecule has 2 fully saturated rings. The summed E-state index contributed by atoms with van der Waals surface area (Å²) in [5, 5.41) is 20.6. The molecule has 0 saturated heterocycles. The smallest absolute Gasteiger partial charge is 0.303 e. The number of carboxylic acid groups (broad SMARTS) is 1. The lowest BCUT2D eigenvalue weighted by atomic mass is 9.50. The van der Waals surface area contributed by atoms with Crippen LogP contribution in [0.1, 0.15) is 71.6 Å². The van der Waals surface area contributed by atoms with Gasteiger partial charge in [0.1, 0.15) is 0 Å². The third-order valence-electron chi connectivity index (χ3n) is 8.32. The summed E-state index contributed by atoms with van der Waals surface area (Å²) in [7, 11) is 0. The second kappa shape index (κ2) is 6.59. The van der Waals surface area contributed by atoms with E-state index in [2.05, 4.69) is 24.8 Å². The second-order valence-corrected chi connectivity index (χ2v) is 9.41. The summed E-state index contributed by atoms with van der Waals surface area (Å²) in [5.41, 5.74) is 1.05. The van der Waals surface area contributed by atoms with Gasteiger partial charge in [0.25, 0.3) is 0 Å².